The van der Waals surface area contributed by atoms with Gasteiger partial charge in [-0.3, -0.25) is 14.5 Å². The number of carboxylic acid groups (broad SMARTS) is 1. The van der Waals surface area contributed by atoms with E-state index in [1.165, 1.54) is 19.4 Å². The molecule has 2 N–H and O–H groups in total. The van der Waals surface area contributed by atoms with Gasteiger partial charge in [0.2, 0.25) is 0 Å². The van der Waals surface area contributed by atoms with Gasteiger partial charge in [-0.15, -0.1) is 0 Å². The number of nitrogens with zero attached hydrogens (tertiary/aromatic N) is 4. The molecule has 2 saturated heterocycles. The third kappa shape index (κ3) is 8.33. The number of aromatic hydroxyl groups is 1. The minimum atomic E-state index is -0.725. The van der Waals surface area contributed by atoms with Crippen LogP contribution < -0.4 is 0 Å². The summed E-state index contributed by atoms with van der Waals surface area (Å²) in [5.74, 6) is 0.498. The lowest BCUT2D eigenvalue weighted by Crippen LogP contribution is -2.53. The van der Waals surface area contributed by atoms with Crippen LogP contribution in [0.4, 0.5) is 0 Å². The third-order valence-corrected chi connectivity index (χ3v) is 9.18. The van der Waals surface area contributed by atoms with Crippen LogP contribution in [0.25, 0.3) is 0 Å². The van der Waals surface area contributed by atoms with Gasteiger partial charge in [0.1, 0.15) is 5.75 Å². The molecule has 1 amide bonds. The second-order valence-corrected chi connectivity index (χ2v) is 12.6. The van der Waals surface area contributed by atoms with Crippen LogP contribution in [0, 0.1) is 5.92 Å². The molecule has 0 spiro atoms. The van der Waals surface area contributed by atoms with Gasteiger partial charge in [0, 0.05) is 63.8 Å². The van der Waals surface area contributed by atoms with Crippen molar-refractivity contribution in [3.63, 3.8) is 0 Å². The van der Waals surface area contributed by atoms with E-state index in [0.29, 0.717) is 12.6 Å². The number of hydrogen-bond acceptors (Lipinski definition) is 6. The van der Waals surface area contributed by atoms with E-state index >= 15 is 0 Å². The number of hydrogen-bond donors (Lipinski definition) is 2. The van der Waals surface area contributed by atoms with Crippen molar-refractivity contribution in [1.29, 1.82) is 0 Å². The largest absolute Gasteiger partial charge is 0.508 e. The molecule has 8 heteroatoms. The first-order valence-electron chi connectivity index (χ1n) is 16.0. The van der Waals surface area contributed by atoms with E-state index in [2.05, 4.69) is 39.8 Å². The van der Waals surface area contributed by atoms with E-state index in [0.717, 1.165) is 94.1 Å². The summed E-state index contributed by atoms with van der Waals surface area (Å²) in [6.45, 7) is 10.7. The second-order valence-electron chi connectivity index (χ2n) is 12.6. The van der Waals surface area contributed by atoms with Crippen molar-refractivity contribution in [2.75, 3.05) is 58.9 Å². The molecule has 5 rings (SSSR count). The number of amides is 1. The maximum absolute atomic E-state index is 13.8. The molecule has 2 atom stereocenters. The molecule has 3 fully saturated rings. The molecule has 3 aliphatic rings. The van der Waals surface area contributed by atoms with Crippen LogP contribution in [0.1, 0.15) is 79.4 Å². The molecule has 2 aliphatic heterocycles. The molecular formula is C34H48N4O4. The van der Waals surface area contributed by atoms with Gasteiger partial charge < -0.3 is 24.9 Å². The van der Waals surface area contributed by atoms with Gasteiger partial charge in [0.15, 0.2) is 0 Å². The van der Waals surface area contributed by atoms with Gasteiger partial charge in [-0.2, -0.15) is 0 Å². The predicted octanol–water partition coefficient (Wildman–Crippen LogP) is 4.69. The highest BCUT2D eigenvalue weighted by Crippen LogP contribution is 2.35. The number of phenolic OH excluding ortho intramolecular Hbond substituents is 1. The van der Waals surface area contributed by atoms with Gasteiger partial charge in [-0.25, -0.2) is 0 Å². The van der Waals surface area contributed by atoms with Crippen molar-refractivity contribution in [2.45, 2.75) is 64.0 Å². The Morgan fingerprint density at radius 2 is 1.64 bits per heavy atom. The zero-order valence-electron chi connectivity index (χ0n) is 25.2. The van der Waals surface area contributed by atoms with Crippen molar-refractivity contribution in [3.8, 4) is 5.75 Å². The van der Waals surface area contributed by atoms with Crippen LogP contribution in [0.3, 0.4) is 0 Å². The lowest BCUT2D eigenvalue weighted by atomic mass is 9.93. The highest BCUT2D eigenvalue weighted by molar-refractivity contribution is 5.94. The van der Waals surface area contributed by atoms with Crippen LogP contribution in [-0.2, 0) is 4.79 Å². The summed E-state index contributed by atoms with van der Waals surface area (Å²) >= 11 is 0. The number of aliphatic carboxylic acids is 1. The summed E-state index contributed by atoms with van der Waals surface area (Å²) in [6, 6.07) is 16.1. The molecule has 0 aromatic heterocycles. The lowest BCUT2D eigenvalue weighted by molar-refractivity contribution is -0.137. The third-order valence-electron chi connectivity index (χ3n) is 9.18. The molecule has 1 saturated carbocycles. The summed E-state index contributed by atoms with van der Waals surface area (Å²) in [4.78, 5) is 34.1. The first-order valence-corrected chi connectivity index (χ1v) is 16.0. The molecule has 2 aromatic rings. The zero-order chi connectivity index (χ0) is 29.5. The van der Waals surface area contributed by atoms with E-state index in [1.807, 2.05) is 29.2 Å². The Morgan fingerprint density at radius 3 is 2.38 bits per heavy atom. The Labute approximate surface area is 250 Å². The molecule has 228 valence electrons. The summed E-state index contributed by atoms with van der Waals surface area (Å²) in [7, 11) is 0. The number of carboxylic acids is 1. The van der Waals surface area contributed by atoms with Crippen molar-refractivity contribution in [1.82, 2.24) is 19.6 Å². The first kappa shape index (κ1) is 30.5. The molecule has 42 heavy (non-hydrogen) atoms. The maximum atomic E-state index is 13.8. The number of benzene rings is 2. The Hall–Kier alpha value is -2.94. The average Bonchev–Trinajstić information content (AvgIpc) is 3.81. The van der Waals surface area contributed by atoms with E-state index in [-0.39, 0.29) is 24.1 Å². The van der Waals surface area contributed by atoms with Gasteiger partial charge in [0.25, 0.3) is 5.91 Å². The number of carbonyl (C=O) groups is 2. The van der Waals surface area contributed by atoms with Gasteiger partial charge in [-0.05, 0) is 93.4 Å². The molecule has 0 bridgehead atoms. The smallest absolute Gasteiger partial charge is 0.303 e. The molecule has 0 radical (unpaired) electrons. The lowest BCUT2D eigenvalue weighted by Gasteiger charge is -2.44. The van der Waals surface area contributed by atoms with Crippen molar-refractivity contribution in [2.24, 2.45) is 5.92 Å². The fourth-order valence-corrected chi connectivity index (χ4v) is 6.74. The average molecular weight is 577 g/mol. The SMILES string of the molecule is CC1CN(CC2CC2)CCN1C(c1cccc(O)c1)c1cccc(C(=O)N2CCCN(CCCCCC(=O)O)CC2)c1. The van der Waals surface area contributed by atoms with Crippen molar-refractivity contribution >= 4 is 11.9 Å². The van der Waals surface area contributed by atoms with Crippen LogP contribution in [-0.4, -0.2) is 107 Å². The standard InChI is InChI=1S/C34H48N4O4/c1-26-24-36(25-27-13-14-27)19-21-38(26)33(29-9-6-11-31(39)23-29)28-8-5-10-30(22-28)34(42)37-17-7-16-35(18-20-37)15-4-2-3-12-32(40)41/h5-6,8-11,22-23,26-27,33,39H,2-4,7,12-21,24-25H2,1H3,(H,40,41). The molecule has 2 heterocycles. The van der Waals surface area contributed by atoms with Crippen LogP contribution in [0.15, 0.2) is 48.5 Å². The van der Waals surface area contributed by atoms with E-state index < -0.39 is 5.97 Å². The van der Waals surface area contributed by atoms with Gasteiger partial charge in [-0.1, -0.05) is 30.7 Å². The summed E-state index contributed by atoms with van der Waals surface area (Å²) in [5, 5.41) is 19.2. The topological polar surface area (TPSA) is 87.6 Å². The molecular weight excluding hydrogens is 528 g/mol. The minimum absolute atomic E-state index is 0.0383. The van der Waals surface area contributed by atoms with Crippen LogP contribution in [0.2, 0.25) is 0 Å². The second kappa shape index (κ2) is 14.5. The molecule has 1 aliphatic carbocycles. The van der Waals surface area contributed by atoms with Crippen LogP contribution in [0.5, 0.6) is 5.75 Å². The molecule has 2 unspecified atom stereocenters. The molecule has 2 aromatic carbocycles. The van der Waals surface area contributed by atoms with Gasteiger partial charge in [0.05, 0.1) is 6.04 Å². The zero-order valence-corrected chi connectivity index (χ0v) is 25.2. The van der Waals surface area contributed by atoms with E-state index in [1.54, 1.807) is 6.07 Å². The fraction of sp³-hybridized carbons (Fsp3) is 0.588. The monoisotopic (exact) mass is 576 g/mol. The minimum Gasteiger partial charge on any atom is -0.508 e. The highest BCUT2D eigenvalue weighted by atomic mass is 16.4. The summed E-state index contributed by atoms with van der Waals surface area (Å²) < 4.78 is 0. The van der Waals surface area contributed by atoms with Crippen molar-refractivity contribution < 1.29 is 19.8 Å². The Morgan fingerprint density at radius 1 is 0.881 bits per heavy atom. The molecule has 8 nitrogen and oxygen atoms in total. The first-order chi connectivity index (χ1) is 20.4. The quantitative estimate of drug-likeness (QED) is 0.355. The van der Waals surface area contributed by atoms with E-state index in [4.69, 9.17) is 5.11 Å². The highest BCUT2D eigenvalue weighted by Gasteiger charge is 2.34. The Kier molecular flexibility index (Phi) is 10.5. The Balaban J connectivity index is 1.26. The normalized spacial score (nSPS) is 21.6. The number of phenols is 1. The predicted molar refractivity (Wildman–Crippen MR) is 165 cm³/mol. The van der Waals surface area contributed by atoms with Gasteiger partial charge >= 0.3 is 5.97 Å². The number of piperazine rings is 1. The van der Waals surface area contributed by atoms with Crippen molar-refractivity contribution in [3.05, 3.63) is 65.2 Å². The maximum Gasteiger partial charge on any atom is 0.303 e. The van der Waals surface area contributed by atoms with E-state index in [9.17, 15) is 14.7 Å². The number of unbranched alkanes of at least 4 members (excludes halogenated alkanes) is 2. The summed E-state index contributed by atoms with van der Waals surface area (Å²) in [6.07, 6.45) is 6.55. The fourth-order valence-electron chi connectivity index (χ4n) is 6.74. The Bertz CT molecular complexity index is 1200. The number of rotatable bonds is 12. The van der Waals surface area contributed by atoms with Crippen LogP contribution >= 0.6 is 0 Å². The number of carbonyl (C=O) groups excluding carboxylic acids is 1. The summed E-state index contributed by atoms with van der Waals surface area (Å²) in [5.41, 5.74) is 2.86.